The van der Waals surface area contributed by atoms with E-state index in [4.69, 9.17) is 0 Å². The van der Waals surface area contributed by atoms with Gasteiger partial charge in [-0.25, -0.2) is 0 Å². The maximum absolute atomic E-state index is 3.74. The van der Waals surface area contributed by atoms with Crippen LogP contribution < -0.4 is 5.32 Å². The van der Waals surface area contributed by atoms with Crippen molar-refractivity contribution in [3.05, 3.63) is 35.9 Å². The third-order valence-corrected chi connectivity index (χ3v) is 4.33. The van der Waals surface area contributed by atoms with Crippen LogP contribution in [0.25, 0.3) is 0 Å². The second kappa shape index (κ2) is 3.84. The predicted octanol–water partition coefficient (Wildman–Crippen LogP) is 3.50. The Hall–Kier alpha value is -0.820. The molecule has 2 saturated carbocycles. The van der Waals surface area contributed by atoms with Crippen LogP contribution in [0.1, 0.15) is 45.1 Å². The van der Waals surface area contributed by atoms with Gasteiger partial charge in [-0.1, -0.05) is 44.2 Å². The van der Waals surface area contributed by atoms with E-state index in [-0.39, 0.29) is 0 Å². The zero-order chi connectivity index (χ0) is 11.9. The van der Waals surface area contributed by atoms with Crippen molar-refractivity contribution in [1.29, 1.82) is 0 Å². The smallest absolute Gasteiger partial charge is 0.00880 e. The Labute approximate surface area is 105 Å². The van der Waals surface area contributed by atoms with Crippen LogP contribution in [0.2, 0.25) is 0 Å². The molecule has 3 rings (SSSR count). The Balaban J connectivity index is 1.77. The molecule has 1 aromatic rings. The lowest BCUT2D eigenvalue weighted by molar-refractivity contribution is 0.0560. The molecular formula is C16H23N. The van der Waals surface area contributed by atoms with E-state index < -0.39 is 0 Å². The van der Waals surface area contributed by atoms with Gasteiger partial charge in [-0.05, 0) is 36.7 Å². The number of hydrogen-bond acceptors (Lipinski definition) is 1. The van der Waals surface area contributed by atoms with E-state index in [2.05, 4.69) is 49.5 Å². The van der Waals surface area contributed by atoms with Crippen LogP contribution in [0, 0.1) is 5.41 Å². The summed E-state index contributed by atoms with van der Waals surface area (Å²) in [5.74, 6) is 0. The summed E-state index contributed by atoms with van der Waals surface area (Å²) in [4.78, 5) is 0. The van der Waals surface area contributed by atoms with Crippen LogP contribution >= 0.6 is 0 Å². The molecule has 1 nitrogen and oxygen atoms in total. The summed E-state index contributed by atoms with van der Waals surface area (Å²) in [6.45, 7) is 5.96. The summed E-state index contributed by atoms with van der Waals surface area (Å²) in [7, 11) is 0. The fourth-order valence-corrected chi connectivity index (χ4v) is 3.63. The summed E-state index contributed by atoms with van der Waals surface area (Å²) < 4.78 is 0. The van der Waals surface area contributed by atoms with Crippen molar-refractivity contribution >= 4 is 0 Å². The monoisotopic (exact) mass is 229 g/mol. The highest BCUT2D eigenvalue weighted by atomic mass is 15.0. The van der Waals surface area contributed by atoms with Crippen LogP contribution in [0.3, 0.4) is 0 Å². The zero-order valence-corrected chi connectivity index (χ0v) is 11.0. The average molecular weight is 229 g/mol. The molecule has 92 valence electrons. The number of rotatable bonds is 4. The first-order valence-corrected chi connectivity index (χ1v) is 6.89. The van der Waals surface area contributed by atoms with Crippen molar-refractivity contribution in [1.82, 2.24) is 5.32 Å². The molecule has 0 radical (unpaired) electrons. The van der Waals surface area contributed by atoms with E-state index in [0.29, 0.717) is 10.8 Å². The van der Waals surface area contributed by atoms with Gasteiger partial charge in [0.15, 0.2) is 0 Å². The first kappa shape index (κ1) is 11.3. The van der Waals surface area contributed by atoms with Gasteiger partial charge < -0.3 is 5.32 Å². The lowest BCUT2D eigenvalue weighted by atomic mass is 9.52. The highest BCUT2D eigenvalue weighted by Crippen LogP contribution is 2.55. The topological polar surface area (TPSA) is 12.0 Å². The second-order valence-electron chi connectivity index (χ2n) is 6.82. The van der Waals surface area contributed by atoms with E-state index in [9.17, 15) is 0 Å². The minimum Gasteiger partial charge on any atom is -0.313 e. The molecule has 0 aromatic heterocycles. The lowest BCUT2D eigenvalue weighted by Crippen LogP contribution is -2.52. The summed E-state index contributed by atoms with van der Waals surface area (Å²) in [6.07, 6.45) is 5.41. The molecule has 1 aromatic carbocycles. The van der Waals surface area contributed by atoms with Gasteiger partial charge in [0.05, 0.1) is 0 Å². The van der Waals surface area contributed by atoms with Crippen molar-refractivity contribution in [2.45, 2.75) is 51.0 Å². The summed E-state index contributed by atoms with van der Waals surface area (Å²) in [6, 6.07) is 11.9. The summed E-state index contributed by atoms with van der Waals surface area (Å²) in [5, 5.41) is 3.74. The Morgan fingerprint density at radius 2 is 1.76 bits per heavy atom. The molecule has 0 saturated heterocycles. The molecule has 2 aliphatic carbocycles. The largest absolute Gasteiger partial charge is 0.313 e. The molecular weight excluding hydrogens is 206 g/mol. The van der Waals surface area contributed by atoms with Gasteiger partial charge in [0, 0.05) is 18.0 Å². The molecule has 0 atom stereocenters. The zero-order valence-electron chi connectivity index (χ0n) is 11.0. The van der Waals surface area contributed by atoms with Crippen LogP contribution in [0.4, 0.5) is 0 Å². The molecule has 0 spiro atoms. The molecule has 2 fully saturated rings. The normalized spacial score (nSPS) is 25.3. The van der Waals surface area contributed by atoms with Gasteiger partial charge in [-0.3, -0.25) is 0 Å². The van der Waals surface area contributed by atoms with Gasteiger partial charge >= 0.3 is 0 Å². The quantitative estimate of drug-likeness (QED) is 0.833. The summed E-state index contributed by atoms with van der Waals surface area (Å²) in [5.41, 5.74) is 2.47. The summed E-state index contributed by atoms with van der Waals surface area (Å²) >= 11 is 0. The van der Waals surface area contributed by atoms with Crippen LogP contribution in [0.5, 0.6) is 0 Å². The Morgan fingerprint density at radius 3 is 2.29 bits per heavy atom. The SMILES string of the molecule is CC1(C)CC(CNC2CC2)(c2ccccc2)C1. The lowest BCUT2D eigenvalue weighted by Gasteiger charge is -2.54. The third-order valence-electron chi connectivity index (χ3n) is 4.33. The third kappa shape index (κ3) is 2.26. The van der Waals surface area contributed by atoms with Gasteiger partial charge in [0.1, 0.15) is 0 Å². The molecule has 0 bridgehead atoms. The van der Waals surface area contributed by atoms with E-state index in [1.807, 2.05) is 0 Å². The van der Waals surface area contributed by atoms with E-state index in [1.165, 1.54) is 37.8 Å². The van der Waals surface area contributed by atoms with Crippen LogP contribution in [-0.2, 0) is 5.41 Å². The highest BCUT2D eigenvalue weighted by molar-refractivity contribution is 5.31. The second-order valence-corrected chi connectivity index (χ2v) is 6.82. The molecule has 0 unspecified atom stereocenters. The molecule has 0 amide bonds. The molecule has 1 N–H and O–H groups in total. The Morgan fingerprint density at radius 1 is 1.12 bits per heavy atom. The fourth-order valence-electron chi connectivity index (χ4n) is 3.63. The fraction of sp³-hybridized carbons (Fsp3) is 0.625. The molecule has 2 aliphatic rings. The van der Waals surface area contributed by atoms with Crippen molar-refractivity contribution in [2.75, 3.05) is 6.54 Å². The molecule has 0 heterocycles. The van der Waals surface area contributed by atoms with Crippen molar-refractivity contribution in [2.24, 2.45) is 5.41 Å². The maximum Gasteiger partial charge on any atom is 0.00880 e. The maximum atomic E-state index is 3.74. The van der Waals surface area contributed by atoms with E-state index >= 15 is 0 Å². The molecule has 0 aliphatic heterocycles. The first-order valence-electron chi connectivity index (χ1n) is 6.89. The highest BCUT2D eigenvalue weighted by Gasteiger charge is 2.50. The predicted molar refractivity (Wildman–Crippen MR) is 72.2 cm³/mol. The Kier molecular flexibility index (Phi) is 2.55. The first-order chi connectivity index (χ1) is 8.10. The Bertz CT molecular complexity index is 381. The standard InChI is InChI=1S/C16H23N/c1-15(2)10-16(11-15,12-17-14-8-9-14)13-6-4-3-5-7-13/h3-7,14,17H,8-12H2,1-2H3. The number of nitrogens with one attached hydrogen (secondary N) is 1. The van der Waals surface area contributed by atoms with Crippen molar-refractivity contribution < 1.29 is 0 Å². The van der Waals surface area contributed by atoms with Gasteiger partial charge in [-0.15, -0.1) is 0 Å². The van der Waals surface area contributed by atoms with Crippen molar-refractivity contribution in [3.8, 4) is 0 Å². The average Bonchev–Trinajstić information content (AvgIpc) is 3.08. The van der Waals surface area contributed by atoms with Crippen molar-refractivity contribution in [3.63, 3.8) is 0 Å². The molecule has 1 heteroatoms. The van der Waals surface area contributed by atoms with Gasteiger partial charge in [-0.2, -0.15) is 0 Å². The number of benzene rings is 1. The van der Waals surface area contributed by atoms with Crippen LogP contribution in [-0.4, -0.2) is 12.6 Å². The van der Waals surface area contributed by atoms with Gasteiger partial charge in [0.2, 0.25) is 0 Å². The van der Waals surface area contributed by atoms with E-state index in [1.54, 1.807) is 0 Å². The minimum absolute atomic E-state index is 0.410. The van der Waals surface area contributed by atoms with Gasteiger partial charge in [0.25, 0.3) is 0 Å². The molecule has 17 heavy (non-hydrogen) atoms. The van der Waals surface area contributed by atoms with E-state index in [0.717, 1.165) is 6.04 Å². The van der Waals surface area contributed by atoms with Crippen LogP contribution in [0.15, 0.2) is 30.3 Å². The number of hydrogen-bond donors (Lipinski definition) is 1. The minimum atomic E-state index is 0.410.